The molecule has 0 saturated carbocycles. The maximum absolute atomic E-state index is 12.2. The van der Waals surface area contributed by atoms with Crippen LogP contribution in [0.4, 0.5) is 5.69 Å². The molecule has 0 aromatic heterocycles. The molecule has 1 amide bonds. The summed E-state index contributed by atoms with van der Waals surface area (Å²) < 4.78 is 0. The molecule has 1 aliphatic heterocycles. The Balaban J connectivity index is 1.80. The molecule has 1 aromatic carbocycles. The molecule has 1 heterocycles. The predicted octanol–water partition coefficient (Wildman–Crippen LogP) is 3.28. The van der Waals surface area contributed by atoms with E-state index in [-0.39, 0.29) is 11.9 Å². The van der Waals surface area contributed by atoms with Crippen molar-refractivity contribution in [1.82, 2.24) is 4.90 Å². The van der Waals surface area contributed by atoms with E-state index in [1.54, 1.807) is 0 Å². The standard InChI is InChI=1S/C16H24N2O/c1-14(17-15-9-5-4-6-10-15)13-16(19)18-11-7-2-3-8-12-18/h4-6,9-10,14,17H,2-3,7-8,11-13H2,1H3/t14-/m1/s1. The number of rotatable bonds is 4. The van der Waals surface area contributed by atoms with E-state index in [0.717, 1.165) is 31.6 Å². The molecule has 0 radical (unpaired) electrons. The fourth-order valence-electron chi connectivity index (χ4n) is 2.58. The first-order chi connectivity index (χ1) is 9.25. The minimum Gasteiger partial charge on any atom is -0.382 e. The number of benzene rings is 1. The van der Waals surface area contributed by atoms with Crippen LogP contribution in [0.15, 0.2) is 30.3 Å². The summed E-state index contributed by atoms with van der Waals surface area (Å²) in [6.07, 6.45) is 5.43. The summed E-state index contributed by atoms with van der Waals surface area (Å²) in [7, 11) is 0. The molecule has 1 N–H and O–H groups in total. The van der Waals surface area contributed by atoms with Crippen molar-refractivity contribution < 1.29 is 4.79 Å². The predicted molar refractivity (Wildman–Crippen MR) is 79.2 cm³/mol. The van der Waals surface area contributed by atoms with Crippen molar-refractivity contribution in [2.75, 3.05) is 18.4 Å². The highest BCUT2D eigenvalue weighted by Gasteiger charge is 2.17. The summed E-state index contributed by atoms with van der Waals surface area (Å²) in [5.41, 5.74) is 1.08. The Labute approximate surface area is 116 Å². The first-order valence-corrected chi connectivity index (χ1v) is 7.35. The number of hydrogen-bond donors (Lipinski definition) is 1. The molecule has 3 nitrogen and oxygen atoms in total. The summed E-state index contributed by atoms with van der Waals surface area (Å²) in [6, 6.07) is 10.3. The van der Waals surface area contributed by atoms with Gasteiger partial charge in [-0.3, -0.25) is 4.79 Å². The van der Waals surface area contributed by atoms with Gasteiger partial charge in [-0.15, -0.1) is 0 Å². The molecule has 1 fully saturated rings. The van der Waals surface area contributed by atoms with Gasteiger partial charge in [-0.05, 0) is 31.9 Å². The molecule has 1 aromatic rings. The number of para-hydroxylation sites is 1. The second-order valence-corrected chi connectivity index (χ2v) is 5.41. The van der Waals surface area contributed by atoms with Gasteiger partial charge in [0.25, 0.3) is 0 Å². The second-order valence-electron chi connectivity index (χ2n) is 5.41. The molecular formula is C16H24N2O. The molecule has 1 saturated heterocycles. The Morgan fingerprint density at radius 2 is 1.79 bits per heavy atom. The van der Waals surface area contributed by atoms with Gasteiger partial charge >= 0.3 is 0 Å². The van der Waals surface area contributed by atoms with Crippen LogP contribution < -0.4 is 5.32 Å². The molecule has 1 atom stereocenters. The van der Waals surface area contributed by atoms with Crippen LogP contribution in [-0.4, -0.2) is 29.9 Å². The molecule has 19 heavy (non-hydrogen) atoms. The fraction of sp³-hybridized carbons (Fsp3) is 0.562. The van der Waals surface area contributed by atoms with E-state index in [2.05, 4.69) is 12.2 Å². The van der Waals surface area contributed by atoms with Crippen molar-refractivity contribution in [3.8, 4) is 0 Å². The molecule has 0 bridgehead atoms. The van der Waals surface area contributed by atoms with Crippen molar-refractivity contribution in [1.29, 1.82) is 0 Å². The van der Waals surface area contributed by atoms with E-state index < -0.39 is 0 Å². The van der Waals surface area contributed by atoms with Gasteiger partial charge < -0.3 is 10.2 Å². The van der Waals surface area contributed by atoms with Gasteiger partial charge in [-0.25, -0.2) is 0 Å². The van der Waals surface area contributed by atoms with Gasteiger partial charge in [0, 0.05) is 31.2 Å². The van der Waals surface area contributed by atoms with Crippen molar-refractivity contribution in [2.45, 2.75) is 45.1 Å². The lowest BCUT2D eigenvalue weighted by molar-refractivity contribution is -0.131. The molecule has 1 aliphatic rings. The summed E-state index contributed by atoms with van der Waals surface area (Å²) in [6.45, 7) is 3.95. The average Bonchev–Trinajstić information content (AvgIpc) is 2.68. The molecule has 0 spiro atoms. The fourth-order valence-corrected chi connectivity index (χ4v) is 2.58. The van der Waals surface area contributed by atoms with Gasteiger partial charge in [-0.2, -0.15) is 0 Å². The van der Waals surface area contributed by atoms with Crippen molar-refractivity contribution in [3.63, 3.8) is 0 Å². The van der Waals surface area contributed by atoms with Crippen LogP contribution in [0.3, 0.4) is 0 Å². The van der Waals surface area contributed by atoms with E-state index in [1.165, 1.54) is 12.8 Å². The van der Waals surface area contributed by atoms with Crippen LogP contribution >= 0.6 is 0 Å². The smallest absolute Gasteiger partial charge is 0.224 e. The lowest BCUT2D eigenvalue weighted by Gasteiger charge is -2.23. The van der Waals surface area contributed by atoms with Crippen LogP contribution in [0.2, 0.25) is 0 Å². The zero-order valence-corrected chi connectivity index (χ0v) is 11.8. The Hall–Kier alpha value is -1.51. The maximum atomic E-state index is 12.2. The average molecular weight is 260 g/mol. The second kappa shape index (κ2) is 7.17. The van der Waals surface area contributed by atoms with E-state index in [0.29, 0.717) is 6.42 Å². The van der Waals surface area contributed by atoms with Crippen LogP contribution in [0.5, 0.6) is 0 Å². The lowest BCUT2D eigenvalue weighted by Crippen LogP contribution is -2.35. The third-order valence-corrected chi connectivity index (χ3v) is 3.63. The van der Waals surface area contributed by atoms with Crippen molar-refractivity contribution in [2.24, 2.45) is 0 Å². The first-order valence-electron chi connectivity index (χ1n) is 7.35. The highest BCUT2D eigenvalue weighted by Crippen LogP contribution is 2.13. The minimum absolute atomic E-state index is 0.179. The topological polar surface area (TPSA) is 32.3 Å². The lowest BCUT2D eigenvalue weighted by atomic mass is 10.2. The number of nitrogens with zero attached hydrogens (tertiary/aromatic N) is 1. The third kappa shape index (κ3) is 4.58. The summed E-state index contributed by atoms with van der Waals surface area (Å²) >= 11 is 0. The number of hydrogen-bond acceptors (Lipinski definition) is 2. The highest BCUT2D eigenvalue weighted by molar-refractivity contribution is 5.77. The SMILES string of the molecule is C[C@H](CC(=O)N1CCCCCC1)Nc1ccccc1. The maximum Gasteiger partial charge on any atom is 0.224 e. The highest BCUT2D eigenvalue weighted by atomic mass is 16.2. The Bertz CT molecular complexity index is 383. The first kappa shape index (κ1) is 13.9. The minimum atomic E-state index is 0.179. The summed E-state index contributed by atoms with van der Waals surface area (Å²) in [5, 5.41) is 3.38. The number of carbonyl (C=O) groups excluding carboxylic acids is 1. The Morgan fingerprint density at radius 1 is 1.16 bits per heavy atom. The van der Waals surface area contributed by atoms with E-state index in [1.807, 2.05) is 35.2 Å². The van der Waals surface area contributed by atoms with Gasteiger partial charge in [-0.1, -0.05) is 31.0 Å². The number of anilines is 1. The molecule has 3 heteroatoms. The Kier molecular flexibility index (Phi) is 5.25. The monoisotopic (exact) mass is 260 g/mol. The van der Waals surface area contributed by atoms with Gasteiger partial charge in [0.2, 0.25) is 5.91 Å². The van der Waals surface area contributed by atoms with Crippen LogP contribution in [0.1, 0.15) is 39.0 Å². The van der Waals surface area contributed by atoms with Crippen LogP contribution in [0.25, 0.3) is 0 Å². The molecule has 0 unspecified atom stereocenters. The van der Waals surface area contributed by atoms with Crippen LogP contribution in [0, 0.1) is 0 Å². The number of nitrogens with one attached hydrogen (secondary N) is 1. The molecular weight excluding hydrogens is 236 g/mol. The Morgan fingerprint density at radius 3 is 2.42 bits per heavy atom. The number of amides is 1. The largest absolute Gasteiger partial charge is 0.382 e. The van der Waals surface area contributed by atoms with Crippen molar-refractivity contribution >= 4 is 11.6 Å². The van der Waals surface area contributed by atoms with E-state index >= 15 is 0 Å². The number of carbonyl (C=O) groups is 1. The van der Waals surface area contributed by atoms with Gasteiger partial charge in [0.15, 0.2) is 0 Å². The third-order valence-electron chi connectivity index (χ3n) is 3.63. The quantitative estimate of drug-likeness (QED) is 0.901. The normalized spacial score (nSPS) is 17.6. The number of likely N-dealkylation sites (tertiary alicyclic amines) is 1. The van der Waals surface area contributed by atoms with E-state index in [9.17, 15) is 4.79 Å². The van der Waals surface area contributed by atoms with E-state index in [4.69, 9.17) is 0 Å². The summed E-state index contributed by atoms with van der Waals surface area (Å²) in [5.74, 6) is 0.290. The molecule has 104 valence electrons. The zero-order chi connectivity index (χ0) is 13.5. The van der Waals surface area contributed by atoms with Gasteiger partial charge in [0.1, 0.15) is 0 Å². The van der Waals surface area contributed by atoms with Crippen LogP contribution in [-0.2, 0) is 4.79 Å². The zero-order valence-electron chi connectivity index (χ0n) is 11.8. The van der Waals surface area contributed by atoms with Crippen molar-refractivity contribution in [3.05, 3.63) is 30.3 Å². The van der Waals surface area contributed by atoms with Gasteiger partial charge in [0.05, 0.1) is 0 Å². The molecule has 2 rings (SSSR count). The molecule has 0 aliphatic carbocycles. The summed E-state index contributed by atoms with van der Waals surface area (Å²) in [4.78, 5) is 14.3.